The number of hydrogen-bond acceptors (Lipinski definition) is 4. The number of benzene rings is 4. The van der Waals surface area contributed by atoms with Gasteiger partial charge < -0.3 is 10.2 Å². The smallest absolute Gasteiger partial charge is 0.264 e. The standard InChI is InChI=1S/C35H37BrClN3O4S/c1-4-25(2)38-35(42)33(22-27-12-7-5-8-13-27)39(23-28-18-20-29(36)21-19-28)34(41)24-40(32-17-11-16-31(37)26(32)3)45(43,44)30-14-9-6-10-15-30/h5-21,25,33H,4,22-24H2,1-3H3,(H,38,42)/t25-,33+/m1/s1. The molecular formula is C35H37BrClN3O4S. The van der Waals surface area contributed by atoms with Crippen LogP contribution in [0.4, 0.5) is 5.69 Å². The van der Waals surface area contributed by atoms with Gasteiger partial charge in [-0.1, -0.05) is 101 Å². The maximum absolute atomic E-state index is 14.6. The summed E-state index contributed by atoms with van der Waals surface area (Å²) in [6, 6.07) is 28.8. The number of halogens is 2. The first-order chi connectivity index (χ1) is 21.5. The van der Waals surface area contributed by atoms with Crippen molar-refractivity contribution in [2.45, 2.75) is 57.1 Å². The lowest BCUT2D eigenvalue weighted by atomic mass is 10.0. The SMILES string of the molecule is CC[C@@H](C)NC(=O)[C@H](Cc1ccccc1)N(Cc1ccc(Br)cc1)C(=O)CN(c1cccc(Cl)c1C)S(=O)(=O)c1ccccc1. The van der Waals surface area contributed by atoms with E-state index in [1.54, 1.807) is 43.3 Å². The molecule has 0 bridgehead atoms. The van der Waals surface area contributed by atoms with Gasteiger partial charge in [-0.3, -0.25) is 13.9 Å². The van der Waals surface area contributed by atoms with E-state index in [2.05, 4.69) is 21.2 Å². The molecule has 0 unspecified atom stereocenters. The minimum absolute atomic E-state index is 0.0342. The Morgan fingerprint density at radius 1 is 0.867 bits per heavy atom. The lowest BCUT2D eigenvalue weighted by Gasteiger charge is -2.34. The van der Waals surface area contributed by atoms with E-state index in [0.717, 1.165) is 19.9 Å². The number of hydrogen-bond donors (Lipinski definition) is 1. The molecule has 2 amide bonds. The van der Waals surface area contributed by atoms with E-state index in [1.165, 1.54) is 17.0 Å². The van der Waals surface area contributed by atoms with Crippen molar-refractivity contribution < 1.29 is 18.0 Å². The molecule has 0 saturated carbocycles. The molecule has 0 aliphatic heterocycles. The zero-order chi connectivity index (χ0) is 32.6. The molecule has 0 aliphatic carbocycles. The number of amides is 2. The van der Waals surface area contributed by atoms with Gasteiger partial charge in [-0.15, -0.1) is 0 Å². The average Bonchev–Trinajstić information content (AvgIpc) is 3.04. The van der Waals surface area contributed by atoms with Crippen LogP contribution in [0.1, 0.15) is 37.0 Å². The van der Waals surface area contributed by atoms with E-state index in [9.17, 15) is 18.0 Å². The summed E-state index contributed by atoms with van der Waals surface area (Å²) in [6.07, 6.45) is 0.953. The van der Waals surface area contributed by atoms with E-state index in [1.807, 2.05) is 68.4 Å². The van der Waals surface area contributed by atoms with Crippen LogP contribution in [-0.4, -0.2) is 43.8 Å². The first kappa shape index (κ1) is 34.2. The van der Waals surface area contributed by atoms with Crippen molar-refractivity contribution >= 4 is 55.1 Å². The molecule has 1 N–H and O–H groups in total. The van der Waals surface area contributed by atoms with Gasteiger partial charge in [0.05, 0.1) is 10.6 Å². The van der Waals surface area contributed by atoms with Crippen LogP contribution in [0, 0.1) is 6.92 Å². The quantitative estimate of drug-likeness (QED) is 0.160. The van der Waals surface area contributed by atoms with Crippen molar-refractivity contribution in [1.82, 2.24) is 10.2 Å². The van der Waals surface area contributed by atoms with Crippen molar-refractivity contribution in [1.29, 1.82) is 0 Å². The summed E-state index contributed by atoms with van der Waals surface area (Å²) in [7, 11) is -4.21. The van der Waals surface area contributed by atoms with E-state index >= 15 is 0 Å². The molecule has 45 heavy (non-hydrogen) atoms. The Morgan fingerprint density at radius 2 is 1.49 bits per heavy atom. The largest absolute Gasteiger partial charge is 0.352 e. The fraction of sp³-hybridized carbons (Fsp3) is 0.257. The molecule has 7 nitrogen and oxygen atoms in total. The van der Waals surface area contributed by atoms with Gasteiger partial charge in [0.25, 0.3) is 10.0 Å². The molecular weight excluding hydrogens is 674 g/mol. The lowest BCUT2D eigenvalue weighted by Crippen LogP contribution is -2.54. The average molecular weight is 711 g/mol. The van der Waals surface area contributed by atoms with E-state index in [0.29, 0.717) is 17.0 Å². The Balaban J connectivity index is 1.83. The van der Waals surface area contributed by atoms with Gasteiger partial charge in [0.15, 0.2) is 0 Å². The molecule has 4 aromatic rings. The molecule has 0 spiro atoms. The molecule has 0 fully saturated rings. The third kappa shape index (κ3) is 8.75. The topological polar surface area (TPSA) is 86.8 Å². The fourth-order valence-electron chi connectivity index (χ4n) is 4.88. The van der Waals surface area contributed by atoms with Gasteiger partial charge in [0.2, 0.25) is 11.8 Å². The van der Waals surface area contributed by atoms with Crippen molar-refractivity contribution in [3.05, 3.63) is 129 Å². The molecule has 0 heterocycles. The highest BCUT2D eigenvalue weighted by atomic mass is 79.9. The summed E-state index contributed by atoms with van der Waals surface area (Å²) in [6.45, 7) is 5.14. The van der Waals surface area contributed by atoms with Gasteiger partial charge in [-0.2, -0.15) is 0 Å². The maximum Gasteiger partial charge on any atom is 0.264 e. The second-order valence-electron chi connectivity index (χ2n) is 10.9. The van der Waals surface area contributed by atoms with E-state index < -0.39 is 28.5 Å². The van der Waals surface area contributed by atoms with Crippen molar-refractivity contribution in [2.75, 3.05) is 10.8 Å². The minimum Gasteiger partial charge on any atom is -0.352 e. The first-order valence-electron chi connectivity index (χ1n) is 14.7. The molecule has 0 aromatic heterocycles. The Hall–Kier alpha value is -3.66. The first-order valence-corrected chi connectivity index (χ1v) is 17.3. The molecule has 10 heteroatoms. The molecule has 4 aromatic carbocycles. The predicted octanol–water partition coefficient (Wildman–Crippen LogP) is 7.16. The van der Waals surface area contributed by atoms with Gasteiger partial charge in [-0.05, 0) is 73.4 Å². The van der Waals surface area contributed by atoms with Gasteiger partial charge in [0.1, 0.15) is 12.6 Å². The normalized spacial score (nSPS) is 12.6. The Morgan fingerprint density at radius 3 is 2.11 bits per heavy atom. The van der Waals surface area contributed by atoms with Gasteiger partial charge in [0, 0.05) is 28.5 Å². The zero-order valence-corrected chi connectivity index (χ0v) is 28.6. The Kier molecular flexibility index (Phi) is 11.8. The van der Waals surface area contributed by atoms with Crippen LogP contribution in [0.25, 0.3) is 0 Å². The number of nitrogens with one attached hydrogen (secondary N) is 1. The van der Waals surface area contributed by atoms with E-state index in [4.69, 9.17) is 11.6 Å². The van der Waals surface area contributed by atoms with Crippen LogP contribution in [0.5, 0.6) is 0 Å². The highest BCUT2D eigenvalue weighted by molar-refractivity contribution is 9.10. The van der Waals surface area contributed by atoms with Crippen LogP contribution in [0.3, 0.4) is 0 Å². The summed E-state index contributed by atoms with van der Waals surface area (Å²) in [5.41, 5.74) is 2.46. The summed E-state index contributed by atoms with van der Waals surface area (Å²) in [5.74, 6) is -0.841. The minimum atomic E-state index is -4.21. The number of anilines is 1. The summed E-state index contributed by atoms with van der Waals surface area (Å²) < 4.78 is 30.3. The van der Waals surface area contributed by atoms with Crippen molar-refractivity contribution in [3.63, 3.8) is 0 Å². The Labute approximate surface area is 279 Å². The van der Waals surface area contributed by atoms with Crippen LogP contribution in [-0.2, 0) is 32.6 Å². The number of sulfonamides is 1. The van der Waals surface area contributed by atoms with Gasteiger partial charge in [-0.25, -0.2) is 8.42 Å². The highest BCUT2D eigenvalue weighted by Crippen LogP contribution is 2.31. The number of nitrogens with zero attached hydrogens (tertiary/aromatic N) is 2. The summed E-state index contributed by atoms with van der Waals surface area (Å²) >= 11 is 9.90. The molecule has 0 radical (unpaired) electrons. The van der Waals surface area contributed by atoms with E-state index in [-0.39, 0.29) is 35.5 Å². The van der Waals surface area contributed by atoms with Crippen LogP contribution >= 0.6 is 27.5 Å². The predicted molar refractivity (Wildman–Crippen MR) is 184 cm³/mol. The Bertz CT molecular complexity index is 1700. The van der Waals surface area contributed by atoms with Crippen molar-refractivity contribution in [2.24, 2.45) is 0 Å². The second-order valence-corrected chi connectivity index (χ2v) is 14.1. The van der Waals surface area contributed by atoms with Crippen LogP contribution < -0.4 is 9.62 Å². The van der Waals surface area contributed by atoms with Crippen molar-refractivity contribution in [3.8, 4) is 0 Å². The number of carbonyl (C=O) groups is 2. The van der Waals surface area contributed by atoms with Crippen LogP contribution in [0.2, 0.25) is 5.02 Å². The molecule has 0 aliphatic rings. The molecule has 4 rings (SSSR count). The maximum atomic E-state index is 14.6. The molecule has 2 atom stereocenters. The van der Waals surface area contributed by atoms with Crippen LogP contribution in [0.15, 0.2) is 112 Å². The second kappa shape index (κ2) is 15.6. The number of rotatable bonds is 13. The zero-order valence-electron chi connectivity index (χ0n) is 25.5. The highest BCUT2D eigenvalue weighted by Gasteiger charge is 2.35. The summed E-state index contributed by atoms with van der Waals surface area (Å²) in [4.78, 5) is 30.0. The monoisotopic (exact) mass is 709 g/mol. The molecule has 236 valence electrons. The lowest BCUT2D eigenvalue weighted by molar-refractivity contribution is -0.140. The van der Waals surface area contributed by atoms with Gasteiger partial charge >= 0.3 is 0 Å². The fourth-order valence-corrected chi connectivity index (χ4v) is 6.81. The summed E-state index contributed by atoms with van der Waals surface area (Å²) in [5, 5.41) is 3.42. The number of carbonyl (C=O) groups excluding carboxylic acids is 2. The third-order valence-corrected chi connectivity index (χ3v) is 10.4. The third-order valence-electron chi connectivity index (χ3n) is 7.66. The molecule has 0 saturated heterocycles.